The Morgan fingerprint density at radius 1 is 1.22 bits per heavy atom. The first kappa shape index (κ1) is 20.3. The normalized spacial score (nSPS) is 13.6. The fraction of sp³-hybridized carbons (Fsp3) is 0.400. The van der Waals surface area contributed by atoms with E-state index in [2.05, 4.69) is 5.32 Å². The van der Waals surface area contributed by atoms with E-state index < -0.39 is 16.5 Å². The number of aliphatic hydroxyl groups is 1. The van der Waals surface area contributed by atoms with Crippen LogP contribution in [0.15, 0.2) is 30.3 Å². The molecule has 2 atom stereocenters. The molecule has 8 heteroatoms. The molecule has 100 valence electrons. The van der Waals surface area contributed by atoms with Crippen molar-refractivity contribution < 1.29 is 53.6 Å². The third-order valence-electron chi connectivity index (χ3n) is 2.07. The van der Waals surface area contributed by atoms with Gasteiger partial charge in [-0.25, -0.2) is 0 Å². The standard InChI is InChI=1S/C10H15NO.Na.H2O4S.H/c1-8(11-2)10(12)9-6-4-3-5-7-9;;1-5(2,3)4;/h3-8,10-12H,1-2H3;;(H2,1,2,3,4);/q;+1;;-1. The van der Waals surface area contributed by atoms with Crippen LogP contribution in [0.3, 0.4) is 0 Å². The molecule has 1 rings (SSSR count). The predicted molar refractivity (Wildman–Crippen MR) is 65.2 cm³/mol. The van der Waals surface area contributed by atoms with Gasteiger partial charge < -0.3 is 11.8 Å². The number of likely N-dealkylation sites (N-methyl/N-ethyl adjacent to an activating group) is 1. The molecule has 1 aromatic carbocycles. The number of benzene rings is 1. The van der Waals surface area contributed by atoms with Gasteiger partial charge in [0.1, 0.15) is 0 Å². The summed E-state index contributed by atoms with van der Waals surface area (Å²) in [6.45, 7) is 1.96. The van der Waals surface area contributed by atoms with E-state index in [4.69, 9.17) is 17.5 Å². The quantitative estimate of drug-likeness (QED) is 0.371. The van der Waals surface area contributed by atoms with Gasteiger partial charge in [0.25, 0.3) is 0 Å². The first-order chi connectivity index (χ1) is 7.75. The van der Waals surface area contributed by atoms with Gasteiger partial charge in [-0.3, -0.25) is 9.11 Å². The van der Waals surface area contributed by atoms with E-state index in [0.717, 1.165) is 5.56 Å². The zero-order valence-corrected chi connectivity index (χ0v) is 13.4. The van der Waals surface area contributed by atoms with Crippen LogP contribution < -0.4 is 34.9 Å². The SMILES string of the molecule is CNC(C)C(O)c1ccccc1.O=S(=O)(O)O.[H-].[Na+]. The fourth-order valence-electron chi connectivity index (χ4n) is 1.10. The summed E-state index contributed by atoms with van der Waals surface area (Å²) >= 11 is 0. The molecule has 6 nitrogen and oxygen atoms in total. The van der Waals surface area contributed by atoms with Crippen molar-refractivity contribution in [3.05, 3.63) is 35.9 Å². The average Bonchev–Trinajstić information content (AvgIpc) is 2.26. The van der Waals surface area contributed by atoms with Crippen molar-refractivity contribution in [2.45, 2.75) is 19.1 Å². The summed E-state index contributed by atoms with van der Waals surface area (Å²) in [5.41, 5.74) is 0.958. The van der Waals surface area contributed by atoms with Crippen LogP contribution in [0.25, 0.3) is 0 Å². The maximum atomic E-state index is 9.73. The zero-order valence-electron chi connectivity index (χ0n) is 11.6. The summed E-state index contributed by atoms with van der Waals surface area (Å²) < 4.78 is 31.6. The van der Waals surface area contributed by atoms with Gasteiger partial charge in [-0.1, -0.05) is 30.3 Å². The Bertz CT molecular complexity index is 409. The van der Waals surface area contributed by atoms with E-state index in [-0.39, 0.29) is 37.0 Å². The van der Waals surface area contributed by atoms with Gasteiger partial charge >= 0.3 is 40.0 Å². The minimum Gasteiger partial charge on any atom is -1.00 e. The van der Waals surface area contributed by atoms with Gasteiger partial charge in [0.05, 0.1) is 6.10 Å². The van der Waals surface area contributed by atoms with Crippen molar-refractivity contribution in [3.8, 4) is 0 Å². The van der Waals surface area contributed by atoms with E-state index in [1.165, 1.54) is 0 Å². The van der Waals surface area contributed by atoms with Gasteiger partial charge in [0, 0.05) is 6.04 Å². The minimum absolute atomic E-state index is 0. The van der Waals surface area contributed by atoms with Crippen LogP contribution >= 0.6 is 0 Å². The topological polar surface area (TPSA) is 107 Å². The molecule has 0 aliphatic rings. The van der Waals surface area contributed by atoms with Gasteiger partial charge in [-0.05, 0) is 19.5 Å². The Hall–Kier alpha value is 0.01000. The fourth-order valence-corrected chi connectivity index (χ4v) is 1.10. The Morgan fingerprint density at radius 3 is 1.94 bits per heavy atom. The molecule has 0 bridgehead atoms. The Balaban J connectivity index is -0.000000320. The summed E-state index contributed by atoms with van der Waals surface area (Å²) in [5, 5.41) is 12.7. The maximum Gasteiger partial charge on any atom is 1.00 e. The van der Waals surface area contributed by atoms with Crippen LogP contribution in [0, 0.1) is 0 Å². The van der Waals surface area contributed by atoms with Crippen molar-refractivity contribution in [2.75, 3.05) is 7.05 Å². The molecule has 0 saturated carbocycles. The summed E-state index contributed by atoms with van der Waals surface area (Å²) in [5.74, 6) is 0. The summed E-state index contributed by atoms with van der Waals surface area (Å²) in [7, 11) is -2.82. The average molecular weight is 287 g/mol. The van der Waals surface area contributed by atoms with Crippen molar-refractivity contribution in [1.82, 2.24) is 5.32 Å². The van der Waals surface area contributed by atoms with Crippen LogP contribution in [0.5, 0.6) is 0 Å². The molecule has 0 spiro atoms. The Kier molecular flexibility index (Phi) is 11.2. The zero-order chi connectivity index (χ0) is 13.5. The molecular formula is C10H18NNaO5S. The molecule has 0 radical (unpaired) electrons. The minimum atomic E-state index is -4.67. The van der Waals surface area contributed by atoms with Crippen LogP contribution in [0.2, 0.25) is 0 Å². The summed E-state index contributed by atoms with van der Waals surface area (Å²) in [6.07, 6.45) is -0.420. The van der Waals surface area contributed by atoms with E-state index >= 15 is 0 Å². The second kappa shape index (κ2) is 9.88. The monoisotopic (exact) mass is 287 g/mol. The third kappa shape index (κ3) is 11.1. The van der Waals surface area contributed by atoms with E-state index in [0.29, 0.717) is 0 Å². The largest absolute Gasteiger partial charge is 1.00 e. The second-order valence-corrected chi connectivity index (χ2v) is 4.28. The van der Waals surface area contributed by atoms with Crippen molar-refractivity contribution >= 4 is 10.4 Å². The first-order valence-corrected chi connectivity index (χ1v) is 6.25. The third-order valence-corrected chi connectivity index (χ3v) is 2.07. The molecule has 0 aromatic heterocycles. The molecule has 1 aromatic rings. The van der Waals surface area contributed by atoms with Crippen LogP contribution in [0.1, 0.15) is 20.0 Å². The molecular weight excluding hydrogens is 269 g/mol. The van der Waals surface area contributed by atoms with Gasteiger partial charge in [-0.15, -0.1) is 0 Å². The van der Waals surface area contributed by atoms with Gasteiger partial charge in [0.15, 0.2) is 0 Å². The Labute approximate surface area is 131 Å². The molecule has 4 N–H and O–H groups in total. The van der Waals surface area contributed by atoms with E-state index in [1.807, 2.05) is 44.3 Å². The molecule has 0 amide bonds. The molecule has 0 heterocycles. The molecule has 2 unspecified atom stereocenters. The van der Waals surface area contributed by atoms with Crippen molar-refractivity contribution in [1.29, 1.82) is 0 Å². The van der Waals surface area contributed by atoms with Gasteiger partial charge in [0.2, 0.25) is 0 Å². The molecule has 0 fully saturated rings. The second-order valence-electron chi connectivity index (χ2n) is 3.38. The summed E-state index contributed by atoms with van der Waals surface area (Å²) in [6, 6.07) is 9.76. The number of hydrogen-bond acceptors (Lipinski definition) is 4. The number of rotatable bonds is 3. The van der Waals surface area contributed by atoms with Crippen molar-refractivity contribution in [3.63, 3.8) is 0 Å². The van der Waals surface area contributed by atoms with Gasteiger partial charge in [-0.2, -0.15) is 8.42 Å². The van der Waals surface area contributed by atoms with Crippen LogP contribution in [-0.2, 0) is 10.4 Å². The number of hydrogen-bond donors (Lipinski definition) is 4. The number of nitrogens with one attached hydrogen (secondary N) is 1. The molecule has 0 aliphatic carbocycles. The maximum absolute atomic E-state index is 9.73. The molecule has 0 saturated heterocycles. The smallest absolute Gasteiger partial charge is 1.00 e. The van der Waals surface area contributed by atoms with E-state index in [1.54, 1.807) is 0 Å². The van der Waals surface area contributed by atoms with Crippen LogP contribution in [0.4, 0.5) is 0 Å². The van der Waals surface area contributed by atoms with Crippen LogP contribution in [-0.4, -0.2) is 35.7 Å². The molecule has 18 heavy (non-hydrogen) atoms. The molecule has 0 aliphatic heterocycles. The Morgan fingerprint density at radius 2 is 1.61 bits per heavy atom. The van der Waals surface area contributed by atoms with Crippen molar-refractivity contribution in [2.24, 2.45) is 0 Å². The summed E-state index contributed by atoms with van der Waals surface area (Å²) in [4.78, 5) is 0. The number of aliphatic hydroxyl groups excluding tert-OH is 1. The van der Waals surface area contributed by atoms with E-state index in [9.17, 15) is 5.11 Å². The first-order valence-electron chi connectivity index (χ1n) is 4.86. The predicted octanol–water partition coefficient (Wildman–Crippen LogP) is -2.21.